The monoisotopic (exact) mass is 992 g/mol. The second-order valence-electron chi connectivity index (χ2n) is 15.6. The Morgan fingerprint density at radius 3 is 1.52 bits per heavy atom. The number of fused-ring (bicyclic) bond motifs is 2. The zero-order valence-electron chi connectivity index (χ0n) is 37.9. The summed E-state index contributed by atoms with van der Waals surface area (Å²) in [7, 11) is 0. The molecule has 0 saturated heterocycles. The second kappa shape index (κ2) is 25.0. The number of aromatic nitrogens is 4. The van der Waals surface area contributed by atoms with E-state index in [9.17, 15) is 73.6 Å². The van der Waals surface area contributed by atoms with Gasteiger partial charge >= 0.3 is 0 Å². The average molecular weight is 993 g/mol. The molecule has 28 nitrogen and oxygen atoms in total. The van der Waals surface area contributed by atoms with Crippen LogP contribution in [0.2, 0.25) is 0 Å². The van der Waals surface area contributed by atoms with Gasteiger partial charge in [0, 0.05) is 71.0 Å². The normalized spacial score (nSPS) is 16.0. The van der Waals surface area contributed by atoms with Crippen molar-refractivity contribution in [3.05, 3.63) is 136 Å². The zero-order chi connectivity index (χ0) is 51.8. The lowest BCUT2D eigenvalue weighted by Crippen LogP contribution is -2.54. The number of hydrogen-bond acceptors (Lipinski definition) is 17. The van der Waals surface area contributed by atoms with Gasteiger partial charge in [0.1, 0.15) is 39.9 Å². The molecule has 3 aliphatic rings. The van der Waals surface area contributed by atoms with Crippen LogP contribution >= 0.6 is 0 Å². The van der Waals surface area contributed by atoms with Crippen molar-refractivity contribution < 1.29 is 59.1 Å². The summed E-state index contributed by atoms with van der Waals surface area (Å²) in [5, 5.41) is 54.1. The van der Waals surface area contributed by atoms with E-state index in [4.69, 9.17) is 10.5 Å². The number of nitrogens with one attached hydrogen (secondary N) is 5. The van der Waals surface area contributed by atoms with Crippen LogP contribution in [-0.2, 0) is 9.53 Å². The van der Waals surface area contributed by atoms with Gasteiger partial charge in [-0.3, -0.25) is 52.7 Å². The van der Waals surface area contributed by atoms with Gasteiger partial charge in [-0.15, -0.1) is 18.9 Å². The Hall–Kier alpha value is -8.79. The lowest BCUT2D eigenvalue weighted by molar-refractivity contribution is -0.123. The molecule has 380 valence electrons. The van der Waals surface area contributed by atoms with Crippen molar-refractivity contribution in [3.63, 3.8) is 0 Å². The molecule has 11 N–H and O–H groups in total. The van der Waals surface area contributed by atoms with Gasteiger partial charge in [-0.05, 0) is 62.1 Å². The Labute approximate surface area is 400 Å². The van der Waals surface area contributed by atoms with Crippen molar-refractivity contribution in [2.45, 2.75) is 31.7 Å². The van der Waals surface area contributed by atoms with E-state index in [1.807, 2.05) is 0 Å². The number of rotatable bonds is 8. The molecule has 0 saturated carbocycles. The van der Waals surface area contributed by atoms with Crippen LogP contribution in [0.1, 0.15) is 88.4 Å². The molecule has 1 unspecified atom stereocenters. The minimum Gasteiger partial charge on any atom is -0.425 e. The molecule has 7 heterocycles. The molecular weight excluding hydrogens is 941 g/mol. The molecule has 0 aromatic carbocycles. The fourth-order valence-electron chi connectivity index (χ4n) is 7.01. The summed E-state index contributed by atoms with van der Waals surface area (Å²) in [6.07, 6.45) is 0.419. The number of nitrogens with zero attached hydrogens (tertiary/aromatic N) is 6. The van der Waals surface area contributed by atoms with E-state index in [1.165, 1.54) is 34.1 Å². The van der Waals surface area contributed by atoms with E-state index in [0.29, 0.717) is 0 Å². The highest BCUT2D eigenvalue weighted by Gasteiger charge is 2.28. The van der Waals surface area contributed by atoms with E-state index >= 15 is 0 Å². The van der Waals surface area contributed by atoms with E-state index in [0.717, 1.165) is 36.4 Å². The summed E-state index contributed by atoms with van der Waals surface area (Å²) in [5.74, 6) is -6.88. The lowest BCUT2D eigenvalue weighted by atomic mass is 10.2. The fourth-order valence-corrected chi connectivity index (χ4v) is 7.01. The smallest absolute Gasteiger partial charge is 0.296 e. The van der Waals surface area contributed by atoms with Crippen molar-refractivity contribution >= 4 is 41.4 Å². The topological polar surface area (TPSA) is 390 Å². The Morgan fingerprint density at radius 1 is 0.577 bits per heavy atom. The third-order valence-corrected chi connectivity index (χ3v) is 10.7. The van der Waals surface area contributed by atoms with Crippen molar-refractivity contribution in [2.75, 3.05) is 72.1 Å². The molecule has 4 bridgehead atoms. The molecule has 4 aromatic heterocycles. The number of pyridine rings is 4. The highest BCUT2D eigenvalue weighted by Crippen LogP contribution is 2.10. The molecular formula is C43H52N12O16. The molecule has 0 spiro atoms. The first kappa shape index (κ1) is 53.2. The molecule has 0 fully saturated rings. The molecule has 0 radical (unpaired) electrons. The summed E-state index contributed by atoms with van der Waals surface area (Å²) in [6.45, 7) is -1.11. The zero-order valence-corrected chi connectivity index (χ0v) is 37.9. The molecule has 7 rings (SSSR count). The maximum absolute atomic E-state index is 13.7. The maximum Gasteiger partial charge on any atom is 0.296 e. The van der Waals surface area contributed by atoms with Gasteiger partial charge < -0.3 is 67.7 Å². The molecule has 0 aliphatic carbocycles. The lowest BCUT2D eigenvalue weighted by Gasteiger charge is -2.26. The Kier molecular flexibility index (Phi) is 18.7. The highest BCUT2D eigenvalue weighted by atomic mass is 16.5. The average Bonchev–Trinajstić information content (AvgIpc) is 3.34. The quantitative estimate of drug-likeness (QED) is 0.0598. The number of hydrogen-bond donors (Lipinski definition) is 10. The largest absolute Gasteiger partial charge is 0.425 e. The second-order valence-corrected chi connectivity index (χ2v) is 15.6. The number of amides is 7. The molecule has 71 heavy (non-hydrogen) atoms. The van der Waals surface area contributed by atoms with Gasteiger partial charge in [0.15, 0.2) is 0 Å². The van der Waals surface area contributed by atoms with E-state index in [-0.39, 0.29) is 110 Å². The Bertz CT molecular complexity index is 2890. The van der Waals surface area contributed by atoms with Crippen LogP contribution in [0.4, 0.5) is 0 Å². The van der Waals surface area contributed by atoms with Crippen molar-refractivity contribution in [1.29, 1.82) is 0 Å². The van der Waals surface area contributed by atoms with Gasteiger partial charge in [-0.25, -0.2) is 0 Å². The van der Waals surface area contributed by atoms with Gasteiger partial charge in [0.2, 0.25) is 5.91 Å². The van der Waals surface area contributed by atoms with E-state index < -0.39 is 110 Å². The standard InChI is InChI=1S/C43H52N12O16/c44-15-23-71-24-18-47-37(60)28-25-48-38(61)29-13-11-26(40(63)54(29)69)35(58)45-16-5-21-50(42(65)31-7-3-9-33(56)52(31)67)19-1-2-20-51(43(66)32-8-4-10-34(57)53(32)68)22-6-17-46-36(59)27-12-14-30(39(62)49-28)55(70)41(27)64/h3-4,7-14,28,67-70H,1-2,5-6,15-25,44H2,(H,45,58)(H,46,59)(H,47,60)(H,48,61)(H,49,62). The van der Waals surface area contributed by atoms with Gasteiger partial charge in [-0.2, -0.15) is 0 Å². The summed E-state index contributed by atoms with van der Waals surface area (Å²) in [6, 6.07) is 8.98. The fraction of sp³-hybridized carbons (Fsp3) is 0.372. The minimum absolute atomic E-state index is 0.00923. The highest BCUT2D eigenvalue weighted by molar-refractivity contribution is 5.99. The number of nitrogens with two attached hydrogens (primary N) is 1. The van der Waals surface area contributed by atoms with E-state index in [1.54, 1.807) is 0 Å². The number of ether oxygens (including phenoxy) is 1. The van der Waals surface area contributed by atoms with Crippen LogP contribution in [0.15, 0.2) is 79.8 Å². The van der Waals surface area contributed by atoms with Crippen LogP contribution in [0.3, 0.4) is 0 Å². The maximum atomic E-state index is 13.7. The van der Waals surface area contributed by atoms with Gasteiger partial charge in [0.05, 0.1) is 13.2 Å². The molecule has 4 aromatic rings. The summed E-state index contributed by atoms with van der Waals surface area (Å²) < 4.78 is 5.28. The van der Waals surface area contributed by atoms with Crippen LogP contribution in [0, 0.1) is 0 Å². The first-order valence-electron chi connectivity index (χ1n) is 22.0. The van der Waals surface area contributed by atoms with Gasteiger partial charge in [0.25, 0.3) is 57.7 Å². The SMILES string of the molecule is NCCOCCNC(=O)C1CNC(=O)c2ccc(c(=O)n2O)C(=O)NCCCN(C(=O)c2cccc(=O)n2O)CCCCN(C(=O)c2cccc(=O)n2O)CCCNC(=O)c2ccc(n(O)c2=O)C(=O)N1. The first-order chi connectivity index (χ1) is 34.0. The van der Waals surface area contributed by atoms with Crippen molar-refractivity contribution in [1.82, 2.24) is 55.3 Å². The number of carbonyl (C=O) groups is 7. The van der Waals surface area contributed by atoms with Gasteiger partial charge in [-0.1, -0.05) is 12.1 Å². The van der Waals surface area contributed by atoms with E-state index in [2.05, 4.69) is 26.6 Å². The summed E-state index contributed by atoms with van der Waals surface area (Å²) in [4.78, 5) is 147. The van der Waals surface area contributed by atoms with Crippen LogP contribution in [-0.4, -0.2) is 169 Å². The third-order valence-electron chi connectivity index (χ3n) is 10.7. The Balaban J connectivity index is 1.44. The summed E-state index contributed by atoms with van der Waals surface area (Å²) >= 11 is 0. The predicted octanol–water partition coefficient (Wildman–Crippen LogP) is -3.78. The molecule has 7 amide bonds. The van der Waals surface area contributed by atoms with Crippen LogP contribution in [0.25, 0.3) is 0 Å². The van der Waals surface area contributed by atoms with Crippen molar-refractivity contribution in [3.8, 4) is 0 Å². The van der Waals surface area contributed by atoms with Crippen molar-refractivity contribution in [2.24, 2.45) is 5.73 Å². The molecule has 3 aliphatic heterocycles. The predicted molar refractivity (Wildman–Crippen MR) is 243 cm³/mol. The summed E-state index contributed by atoms with van der Waals surface area (Å²) in [5.41, 5.74) is -2.57. The number of carbonyl (C=O) groups excluding carboxylic acids is 7. The minimum atomic E-state index is -1.66. The van der Waals surface area contributed by atoms with Crippen LogP contribution in [0.5, 0.6) is 0 Å². The van der Waals surface area contributed by atoms with Crippen LogP contribution < -0.4 is 54.6 Å². The molecule has 1 atom stereocenters. The Morgan fingerprint density at radius 2 is 1.04 bits per heavy atom. The molecule has 28 heteroatoms. The third kappa shape index (κ3) is 13.5. The first-order valence-corrected chi connectivity index (χ1v) is 22.0.